The summed E-state index contributed by atoms with van der Waals surface area (Å²) in [6, 6.07) is 40.0. The molecule has 5 rings (SSSR count). The average molecular weight is 549 g/mol. The lowest BCUT2D eigenvalue weighted by Crippen LogP contribution is -2.53. The van der Waals surface area contributed by atoms with Gasteiger partial charge in [-0.15, -0.1) is 0 Å². The van der Waals surface area contributed by atoms with Crippen LogP contribution in [0, 0.1) is 0 Å². The van der Waals surface area contributed by atoms with E-state index >= 15 is 0 Å². The van der Waals surface area contributed by atoms with Crippen LogP contribution >= 0.6 is 24.4 Å². The van der Waals surface area contributed by atoms with Crippen molar-refractivity contribution >= 4 is 34.8 Å². The number of nitrogens with zero attached hydrogens (tertiary/aromatic N) is 2. The number of ether oxygens (including phenoxy) is 2. The zero-order chi connectivity index (χ0) is 27.3. The maximum Gasteiger partial charge on any atom is 0.164 e. The number of thiocarbonyl (C=S) groups is 2. The quantitative estimate of drug-likeness (QED) is 0.168. The van der Waals surface area contributed by atoms with Crippen molar-refractivity contribution in [3.63, 3.8) is 0 Å². The standard InChI is InChI=1S/C33H28N2O2S2/c1-31(2)36-29(32(34-23-38,25-15-7-3-8-16-25)26-17-9-4-10-18-26)30(37-31)33(35-24-39,27-19-11-5-12-20-27)28-21-13-6-14-22-28/h3-22,29-30H,1-2H3/t29-,30-/m1/s1. The summed E-state index contributed by atoms with van der Waals surface area (Å²) >= 11 is 10.6. The van der Waals surface area contributed by atoms with Gasteiger partial charge in [0.2, 0.25) is 0 Å². The summed E-state index contributed by atoms with van der Waals surface area (Å²) in [5, 5.41) is 5.40. The monoisotopic (exact) mass is 548 g/mol. The molecule has 0 aliphatic carbocycles. The summed E-state index contributed by atoms with van der Waals surface area (Å²) in [5.41, 5.74) is 1.37. The molecule has 4 aromatic carbocycles. The first-order valence-electron chi connectivity index (χ1n) is 12.7. The van der Waals surface area contributed by atoms with Crippen LogP contribution in [0.3, 0.4) is 0 Å². The highest BCUT2D eigenvalue weighted by Gasteiger charge is 2.62. The molecule has 1 heterocycles. The van der Waals surface area contributed by atoms with Gasteiger partial charge in [0.1, 0.15) is 23.3 Å². The van der Waals surface area contributed by atoms with Crippen molar-refractivity contribution < 1.29 is 9.47 Å². The van der Waals surface area contributed by atoms with E-state index in [1.807, 2.05) is 135 Å². The Bertz CT molecular complexity index is 1300. The smallest absolute Gasteiger partial charge is 0.164 e. The molecule has 0 N–H and O–H groups in total. The van der Waals surface area contributed by atoms with E-state index in [0.29, 0.717) is 0 Å². The number of rotatable bonds is 8. The summed E-state index contributed by atoms with van der Waals surface area (Å²) in [6.07, 6.45) is -1.39. The first kappa shape index (κ1) is 27.0. The molecule has 1 aliphatic rings. The minimum Gasteiger partial charge on any atom is -0.341 e. The second-order valence-corrected chi connectivity index (χ2v) is 10.2. The fourth-order valence-electron chi connectivity index (χ4n) is 5.66. The second kappa shape index (κ2) is 11.3. The molecule has 0 aromatic heterocycles. The molecule has 4 nitrogen and oxygen atoms in total. The summed E-state index contributed by atoms with van der Waals surface area (Å²) < 4.78 is 13.7. The van der Waals surface area contributed by atoms with Crippen molar-refractivity contribution in [2.75, 3.05) is 0 Å². The van der Waals surface area contributed by atoms with Crippen LogP contribution in [0.15, 0.2) is 131 Å². The topological polar surface area (TPSA) is 43.2 Å². The number of aliphatic imine (C=N–C) groups is 2. The predicted molar refractivity (Wildman–Crippen MR) is 161 cm³/mol. The highest BCUT2D eigenvalue weighted by atomic mass is 32.1. The van der Waals surface area contributed by atoms with Gasteiger partial charge >= 0.3 is 0 Å². The van der Waals surface area contributed by atoms with Crippen LogP contribution in [0.5, 0.6) is 0 Å². The van der Waals surface area contributed by atoms with Crippen molar-refractivity contribution in [1.29, 1.82) is 0 Å². The highest BCUT2D eigenvalue weighted by Crippen LogP contribution is 2.53. The Morgan fingerprint density at radius 1 is 0.538 bits per heavy atom. The van der Waals surface area contributed by atoms with Crippen molar-refractivity contribution in [2.45, 2.75) is 42.9 Å². The van der Waals surface area contributed by atoms with E-state index in [-0.39, 0.29) is 0 Å². The molecule has 1 saturated heterocycles. The Hall–Kier alpha value is -3.60. The van der Waals surface area contributed by atoms with Crippen LogP contribution in [0.4, 0.5) is 0 Å². The van der Waals surface area contributed by atoms with Crippen molar-refractivity contribution in [3.8, 4) is 0 Å². The van der Waals surface area contributed by atoms with Gasteiger partial charge in [-0.05, 0) is 60.5 Å². The molecule has 4 aromatic rings. The Morgan fingerprint density at radius 2 is 0.795 bits per heavy atom. The van der Waals surface area contributed by atoms with Gasteiger partial charge in [-0.3, -0.25) is 0 Å². The van der Waals surface area contributed by atoms with E-state index < -0.39 is 29.1 Å². The lowest BCUT2D eigenvalue weighted by molar-refractivity contribution is -0.154. The number of benzene rings is 4. The molecule has 0 radical (unpaired) electrons. The van der Waals surface area contributed by atoms with Gasteiger partial charge in [-0.2, -0.15) is 0 Å². The van der Waals surface area contributed by atoms with Gasteiger partial charge in [-0.25, -0.2) is 9.98 Å². The molecule has 0 unspecified atom stereocenters. The molecule has 0 bridgehead atoms. The minimum absolute atomic E-state index is 0.694. The third-order valence-electron chi connectivity index (χ3n) is 7.22. The van der Waals surface area contributed by atoms with Crippen molar-refractivity contribution in [3.05, 3.63) is 144 Å². The van der Waals surface area contributed by atoms with Gasteiger partial charge in [0.25, 0.3) is 0 Å². The van der Waals surface area contributed by atoms with E-state index in [0.717, 1.165) is 22.3 Å². The second-order valence-electron chi connectivity index (χ2n) is 9.88. The fraction of sp³-hybridized carbons (Fsp3) is 0.212. The maximum absolute atomic E-state index is 6.86. The molecule has 0 amide bonds. The minimum atomic E-state index is -1.10. The maximum atomic E-state index is 6.86. The SMILES string of the molecule is CC1(C)O[C@@H](C(N=C=S)(c2ccccc2)c2ccccc2)[C@H](C(N=C=S)(c2ccccc2)c2ccccc2)O1. The molecule has 2 atom stereocenters. The van der Waals surface area contributed by atoms with Crippen LogP contribution in [-0.2, 0) is 20.6 Å². The Morgan fingerprint density at radius 3 is 1.03 bits per heavy atom. The molecule has 194 valence electrons. The molecule has 39 heavy (non-hydrogen) atoms. The van der Waals surface area contributed by atoms with Gasteiger partial charge in [0.15, 0.2) is 5.79 Å². The van der Waals surface area contributed by atoms with Gasteiger partial charge in [0.05, 0.1) is 10.3 Å². The van der Waals surface area contributed by atoms with E-state index in [9.17, 15) is 0 Å². The van der Waals surface area contributed by atoms with E-state index in [1.54, 1.807) is 0 Å². The van der Waals surface area contributed by atoms with Gasteiger partial charge < -0.3 is 9.47 Å². The Balaban J connectivity index is 1.89. The Labute approximate surface area is 240 Å². The fourth-order valence-corrected chi connectivity index (χ4v) is 5.95. The number of isothiocyanates is 2. The summed E-state index contributed by atoms with van der Waals surface area (Å²) in [7, 11) is 0. The highest BCUT2D eigenvalue weighted by molar-refractivity contribution is 7.78. The van der Waals surface area contributed by atoms with E-state index in [1.165, 1.54) is 0 Å². The zero-order valence-electron chi connectivity index (χ0n) is 21.7. The lowest BCUT2D eigenvalue weighted by Gasteiger charge is -2.43. The molecule has 0 spiro atoms. The molecule has 6 heteroatoms. The molecular weight excluding hydrogens is 521 g/mol. The molecule has 1 aliphatic heterocycles. The molecular formula is C33H28N2O2S2. The van der Waals surface area contributed by atoms with Crippen molar-refractivity contribution in [2.24, 2.45) is 9.98 Å². The largest absolute Gasteiger partial charge is 0.341 e. The number of hydrogen-bond acceptors (Lipinski definition) is 6. The van der Waals surface area contributed by atoms with Crippen LogP contribution in [0.25, 0.3) is 0 Å². The average Bonchev–Trinajstić information content (AvgIpc) is 3.32. The zero-order valence-corrected chi connectivity index (χ0v) is 23.4. The van der Waals surface area contributed by atoms with Crippen LogP contribution in [0.1, 0.15) is 36.1 Å². The summed E-state index contributed by atoms with van der Waals surface area (Å²) in [4.78, 5) is 9.85. The number of hydrogen-bond donors (Lipinski definition) is 0. The normalized spacial score (nSPS) is 18.5. The molecule has 0 saturated carbocycles. The van der Waals surface area contributed by atoms with Crippen molar-refractivity contribution in [1.82, 2.24) is 0 Å². The third-order valence-corrected chi connectivity index (χ3v) is 7.40. The van der Waals surface area contributed by atoms with Crippen LogP contribution in [-0.4, -0.2) is 28.3 Å². The van der Waals surface area contributed by atoms with Gasteiger partial charge in [0, 0.05) is 0 Å². The Kier molecular flexibility index (Phi) is 7.79. The molecule has 1 fully saturated rings. The van der Waals surface area contributed by atoms with E-state index in [2.05, 4.69) is 10.3 Å². The van der Waals surface area contributed by atoms with Crippen LogP contribution < -0.4 is 0 Å². The lowest BCUT2D eigenvalue weighted by atomic mass is 9.69. The predicted octanol–water partition coefficient (Wildman–Crippen LogP) is 7.60. The van der Waals surface area contributed by atoms with Gasteiger partial charge in [-0.1, -0.05) is 121 Å². The summed E-state index contributed by atoms with van der Waals surface area (Å²) in [5.74, 6) is -0.979. The first-order chi connectivity index (χ1) is 19.0. The summed E-state index contributed by atoms with van der Waals surface area (Å²) in [6.45, 7) is 3.81. The third kappa shape index (κ3) is 4.84. The first-order valence-corrected chi connectivity index (χ1v) is 13.6. The van der Waals surface area contributed by atoms with E-state index in [4.69, 9.17) is 43.9 Å². The van der Waals surface area contributed by atoms with Crippen LogP contribution in [0.2, 0.25) is 0 Å².